The molecule has 0 N–H and O–H groups in total. The van der Waals surface area contributed by atoms with Gasteiger partial charge in [0.15, 0.2) is 0 Å². The summed E-state index contributed by atoms with van der Waals surface area (Å²) in [5.74, 6) is 0. The second-order valence-corrected chi connectivity index (χ2v) is 3.22. The first-order chi connectivity index (χ1) is 7.68. The molecular formula is C10H12N2O3. The van der Waals surface area contributed by atoms with Gasteiger partial charge in [-0.1, -0.05) is 0 Å². The molecule has 0 aliphatic carbocycles. The number of nitro benzene ring substituents is 1. The van der Waals surface area contributed by atoms with E-state index in [1.54, 1.807) is 12.1 Å². The zero-order chi connectivity index (χ0) is 11.5. The summed E-state index contributed by atoms with van der Waals surface area (Å²) in [6.07, 6.45) is 0. The van der Waals surface area contributed by atoms with Gasteiger partial charge in [0.05, 0.1) is 19.5 Å². The van der Waals surface area contributed by atoms with Gasteiger partial charge in [0.25, 0.3) is 5.69 Å². The molecule has 0 amide bonds. The molecule has 0 bridgehead atoms. The minimum absolute atomic E-state index is 0.0681. The lowest BCUT2D eigenvalue weighted by Gasteiger charge is -2.28. The van der Waals surface area contributed by atoms with Crippen molar-refractivity contribution in [3.8, 4) is 0 Å². The molecule has 1 heterocycles. The summed E-state index contributed by atoms with van der Waals surface area (Å²) in [5.41, 5.74) is 0.896. The molecule has 0 spiro atoms. The lowest BCUT2D eigenvalue weighted by Crippen LogP contribution is -2.36. The van der Waals surface area contributed by atoms with E-state index in [0.717, 1.165) is 5.69 Å². The summed E-state index contributed by atoms with van der Waals surface area (Å²) in [7, 11) is 0. The Balaban J connectivity index is 2.17. The molecule has 1 aliphatic heterocycles. The van der Waals surface area contributed by atoms with Gasteiger partial charge < -0.3 is 9.64 Å². The third-order valence-electron chi connectivity index (χ3n) is 2.28. The normalized spacial score (nSPS) is 22.3. The van der Waals surface area contributed by atoms with Crippen LogP contribution in [-0.2, 0) is 4.74 Å². The minimum atomic E-state index is -0.435. The SMILES string of the molecule is [2H]C1COCCN1c1ccc([N+](=O)[O-])cc1. The van der Waals surface area contributed by atoms with Crippen molar-refractivity contribution in [1.29, 1.82) is 0 Å². The summed E-state index contributed by atoms with van der Waals surface area (Å²) in [5, 5.41) is 10.5. The van der Waals surface area contributed by atoms with E-state index in [4.69, 9.17) is 6.11 Å². The van der Waals surface area contributed by atoms with E-state index in [1.807, 2.05) is 4.90 Å². The summed E-state index contributed by atoms with van der Waals surface area (Å²) in [6, 6.07) is 6.25. The smallest absolute Gasteiger partial charge is 0.269 e. The van der Waals surface area contributed by atoms with Gasteiger partial charge in [0.1, 0.15) is 0 Å². The van der Waals surface area contributed by atoms with Crippen LogP contribution in [0.5, 0.6) is 0 Å². The van der Waals surface area contributed by atoms with Gasteiger partial charge in [0, 0.05) is 30.9 Å². The van der Waals surface area contributed by atoms with Crippen molar-refractivity contribution < 1.29 is 11.0 Å². The maximum absolute atomic E-state index is 10.5. The number of morpholine rings is 1. The van der Waals surface area contributed by atoms with Gasteiger partial charge >= 0.3 is 0 Å². The van der Waals surface area contributed by atoms with Crippen molar-refractivity contribution in [2.45, 2.75) is 0 Å². The van der Waals surface area contributed by atoms with Crippen LogP contribution >= 0.6 is 0 Å². The average molecular weight is 209 g/mol. The van der Waals surface area contributed by atoms with Gasteiger partial charge in [-0.2, -0.15) is 0 Å². The number of nitro groups is 1. The van der Waals surface area contributed by atoms with Gasteiger partial charge in [-0.15, -0.1) is 0 Å². The van der Waals surface area contributed by atoms with Gasteiger partial charge in [-0.05, 0) is 12.1 Å². The first-order valence-corrected chi connectivity index (χ1v) is 4.69. The van der Waals surface area contributed by atoms with Crippen LogP contribution in [0.4, 0.5) is 11.4 Å². The molecule has 5 heteroatoms. The number of rotatable bonds is 2. The first kappa shape index (κ1) is 8.67. The van der Waals surface area contributed by atoms with E-state index in [-0.39, 0.29) is 5.69 Å². The number of ether oxygens (including phenoxy) is 1. The van der Waals surface area contributed by atoms with Crippen LogP contribution < -0.4 is 4.90 Å². The van der Waals surface area contributed by atoms with E-state index in [1.165, 1.54) is 12.1 Å². The second kappa shape index (κ2) is 4.27. The van der Waals surface area contributed by atoms with Gasteiger partial charge in [0.2, 0.25) is 0 Å². The van der Waals surface area contributed by atoms with Crippen LogP contribution in [0.25, 0.3) is 0 Å². The number of nitrogens with zero attached hydrogens (tertiary/aromatic N) is 2. The summed E-state index contributed by atoms with van der Waals surface area (Å²) < 4.78 is 12.9. The van der Waals surface area contributed by atoms with Crippen molar-refractivity contribution in [1.82, 2.24) is 0 Å². The van der Waals surface area contributed by atoms with Crippen LogP contribution in [0, 0.1) is 10.1 Å². The van der Waals surface area contributed by atoms with Gasteiger partial charge in [-0.25, -0.2) is 0 Å². The van der Waals surface area contributed by atoms with Crippen molar-refractivity contribution >= 4 is 11.4 Å². The molecule has 1 aliphatic rings. The third-order valence-corrected chi connectivity index (χ3v) is 2.28. The standard InChI is InChI=1S/C10H12N2O3/c13-12(14)10-3-1-9(2-4-10)11-5-7-15-8-6-11/h1-4H,5-8H2/i5D. The van der Waals surface area contributed by atoms with Crippen LogP contribution in [-0.4, -0.2) is 31.2 Å². The monoisotopic (exact) mass is 209 g/mol. The molecule has 1 aromatic carbocycles. The van der Waals surface area contributed by atoms with E-state index in [2.05, 4.69) is 0 Å². The Kier molecular flexibility index (Phi) is 2.47. The molecular weight excluding hydrogens is 196 g/mol. The van der Waals surface area contributed by atoms with E-state index < -0.39 is 11.4 Å². The number of anilines is 1. The highest BCUT2D eigenvalue weighted by Gasteiger charge is 2.12. The van der Waals surface area contributed by atoms with Gasteiger partial charge in [-0.3, -0.25) is 10.1 Å². The predicted octanol–water partition coefficient (Wildman–Crippen LogP) is 1.43. The van der Waals surface area contributed by atoms with E-state index >= 15 is 0 Å². The Bertz CT molecular complexity index is 382. The molecule has 1 atom stereocenters. The highest BCUT2D eigenvalue weighted by atomic mass is 16.6. The second-order valence-electron chi connectivity index (χ2n) is 3.22. The summed E-state index contributed by atoms with van der Waals surface area (Å²) in [4.78, 5) is 11.9. The zero-order valence-electron chi connectivity index (χ0n) is 9.13. The largest absolute Gasteiger partial charge is 0.378 e. The molecule has 1 fully saturated rings. The summed E-state index contributed by atoms with van der Waals surface area (Å²) >= 11 is 0. The fourth-order valence-electron chi connectivity index (χ4n) is 1.48. The molecule has 5 nitrogen and oxygen atoms in total. The Hall–Kier alpha value is -1.62. The number of hydrogen-bond acceptors (Lipinski definition) is 4. The number of benzene rings is 1. The fraction of sp³-hybridized carbons (Fsp3) is 0.400. The van der Waals surface area contributed by atoms with Crippen molar-refractivity contribution in [3.05, 3.63) is 34.4 Å². The quantitative estimate of drug-likeness (QED) is 0.546. The molecule has 1 aromatic rings. The lowest BCUT2D eigenvalue weighted by molar-refractivity contribution is -0.384. The molecule has 1 unspecified atom stereocenters. The molecule has 2 rings (SSSR count). The molecule has 0 aromatic heterocycles. The Labute approximate surface area is 88.8 Å². The Morgan fingerprint density at radius 3 is 2.73 bits per heavy atom. The van der Waals surface area contributed by atoms with Crippen LogP contribution in [0.15, 0.2) is 24.3 Å². The van der Waals surface area contributed by atoms with E-state index in [9.17, 15) is 10.1 Å². The zero-order valence-corrected chi connectivity index (χ0v) is 8.13. The van der Waals surface area contributed by atoms with Crippen LogP contribution in [0.2, 0.25) is 0 Å². The molecule has 0 saturated carbocycles. The molecule has 0 radical (unpaired) electrons. The number of hydrogen-bond donors (Lipinski definition) is 0. The topological polar surface area (TPSA) is 55.6 Å². The maximum atomic E-state index is 10.5. The maximum Gasteiger partial charge on any atom is 0.269 e. The lowest BCUT2D eigenvalue weighted by atomic mass is 10.2. The third kappa shape index (κ3) is 2.24. The molecule has 1 saturated heterocycles. The fourth-order valence-corrected chi connectivity index (χ4v) is 1.48. The predicted molar refractivity (Wildman–Crippen MR) is 56.1 cm³/mol. The van der Waals surface area contributed by atoms with Crippen molar-refractivity contribution in [2.24, 2.45) is 0 Å². The van der Waals surface area contributed by atoms with Crippen molar-refractivity contribution in [2.75, 3.05) is 31.2 Å². The number of non-ortho nitro benzene ring substituents is 1. The Morgan fingerprint density at radius 2 is 2.13 bits per heavy atom. The highest BCUT2D eigenvalue weighted by Crippen LogP contribution is 2.19. The molecule has 15 heavy (non-hydrogen) atoms. The minimum Gasteiger partial charge on any atom is -0.378 e. The first-order valence-electron chi connectivity index (χ1n) is 5.27. The summed E-state index contributed by atoms with van der Waals surface area (Å²) in [6.45, 7) is 1.17. The van der Waals surface area contributed by atoms with Crippen molar-refractivity contribution in [3.63, 3.8) is 0 Å². The Morgan fingerprint density at radius 1 is 1.40 bits per heavy atom. The van der Waals surface area contributed by atoms with Crippen LogP contribution in [0.3, 0.4) is 0 Å². The van der Waals surface area contributed by atoms with Crippen LogP contribution in [0.1, 0.15) is 1.37 Å². The molecule has 80 valence electrons. The van der Waals surface area contributed by atoms with E-state index in [0.29, 0.717) is 19.8 Å². The average Bonchev–Trinajstić information content (AvgIpc) is 2.30. The highest BCUT2D eigenvalue weighted by molar-refractivity contribution is 5.51.